The van der Waals surface area contributed by atoms with Gasteiger partial charge in [0.2, 0.25) is 10.0 Å². The average Bonchev–Trinajstić information content (AvgIpc) is 2.51. The summed E-state index contributed by atoms with van der Waals surface area (Å²) in [4.78, 5) is 4.04. The number of sulfonamides is 1. The number of rotatable bonds is 8. The maximum atomic E-state index is 12.1. The highest BCUT2D eigenvalue weighted by Gasteiger charge is 2.22. The van der Waals surface area contributed by atoms with E-state index in [9.17, 15) is 8.42 Å². The van der Waals surface area contributed by atoms with Gasteiger partial charge in [-0.15, -0.1) is 0 Å². The second kappa shape index (κ2) is 9.29. The van der Waals surface area contributed by atoms with E-state index < -0.39 is 16.3 Å². The number of nitrogens with zero attached hydrogens (tertiary/aromatic N) is 2. The third kappa shape index (κ3) is 6.33. The van der Waals surface area contributed by atoms with Crippen molar-refractivity contribution in [3.05, 3.63) is 47.1 Å². The summed E-state index contributed by atoms with van der Waals surface area (Å²) < 4.78 is 25.2. The quantitative estimate of drug-likeness (QED) is 0.384. The van der Waals surface area contributed by atoms with Crippen molar-refractivity contribution < 1.29 is 8.42 Å². The molecule has 0 saturated heterocycles. The summed E-state index contributed by atoms with van der Waals surface area (Å²) in [6.45, 7) is 3.68. The molecule has 0 aromatic rings. The molecule has 0 heterocycles. The number of aliphatic imine (C=N–C) groups is 1. The lowest BCUT2D eigenvalue weighted by Crippen LogP contribution is -2.49. The average molecular weight is 373 g/mol. The Morgan fingerprint density at radius 2 is 2.25 bits per heavy atom. The summed E-state index contributed by atoms with van der Waals surface area (Å²) in [6.07, 6.45) is 9.63. The number of allylic oxidation sites excluding steroid dienone is 7. The Hall–Kier alpha value is -1.25. The highest BCUT2D eigenvalue weighted by atomic mass is 35.5. The maximum Gasteiger partial charge on any atom is 0.216 e. The summed E-state index contributed by atoms with van der Waals surface area (Å²) in [5.41, 5.74) is 12.7. The third-order valence-corrected chi connectivity index (χ3v) is 5.62. The molecule has 0 radical (unpaired) electrons. The topological polar surface area (TPSA) is 102 Å². The Labute approximate surface area is 149 Å². The Kier molecular flexibility index (Phi) is 8.05. The van der Waals surface area contributed by atoms with Crippen LogP contribution in [-0.4, -0.2) is 45.1 Å². The van der Waals surface area contributed by atoms with E-state index in [2.05, 4.69) is 11.6 Å². The number of hydrogen-bond acceptors (Lipinski definition) is 5. The van der Waals surface area contributed by atoms with E-state index >= 15 is 0 Å². The van der Waals surface area contributed by atoms with Crippen LogP contribution in [0.25, 0.3) is 0 Å². The van der Waals surface area contributed by atoms with Crippen LogP contribution in [0, 0.1) is 5.92 Å². The predicted molar refractivity (Wildman–Crippen MR) is 101 cm³/mol. The minimum Gasteiger partial charge on any atom is -0.303 e. The number of halogens is 1. The zero-order valence-corrected chi connectivity index (χ0v) is 15.6. The van der Waals surface area contributed by atoms with E-state index in [1.54, 1.807) is 19.3 Å². The zero-order chi connectivity index (χ0) is 18.3. The van der Waals surface area contributed by atoms with Crippen molar-refractivity contribution in [3.8, 4) is 0 Å². The SMILES string of the molecule is C=C(Cl)/C=C(\C=NC)C1C=C(CCS(=O)(=O)N(C)C(N)N)C=CC1. The Bertz CT molecular complexity index is 678. The second-order valence-corrected chi connectivity index (χ2v) is 8.17. The van der Waals surface area contributed by atoms with E-state index in [0.29, 0.717) is 11.5 Å². The lowest BCUT2D eigenvalue weighted by atomic mass is 9.89. The first kappa shape index (κ1) is 20.8. The van der Waals surface area contributed by atoms with Gasteiger partial charge in [-0.25, -0.2) is 8.42 Å². The van der Waals surface area contributed by atoms with Crippen molar-refractivity contribution in [1.82, 2.24) is 4.31 Å². The van der Waals surface area contributed by atoms with Crippen LogP contribution in [-0.2, 0) is 10.0 Å². The lowest BCUT2D eigenvalue weighted by Gasteiger charge is -2.22. The third-order valence-electron chi connectivity index (χ3n) is 3.67. The molecule has 6 nitrogen and oxygen atoms in total. The van der Waals surface area contributed by atoms with Crippen molar-refractivity contribution in [1.29, 1.82) is 0 Å². The molecule has 1 unspecified atom stereocenters. The van der Waals surface area contributed by atoms with Crippen molar-refractivity contribution in [2.75, 3.05) is 19.8 Å². The summed E-state index contributed by atoms with van der Waals surface area (Å²) in [5, 5.41) is 0.426. The van der Waals surface area contributed by atoms with Crippen molar-refractivity contribution in [2.24, 2.45) is 22.4 Å². The van der Waals surface area contributed by atoms with Gasteiger partial charge >= 0.3 is 0 Å². The molecule has 1 rings (SSSR count). The molecule has 0 spiro atoms. The normalized spacial score (nSPS) is 19.4. The number of nitrogens with two attached hydrogens (primary N) is 2. The fourth-order valence-electron chi connectivity index (χ4n) is 2.29. The van der Waals surface area contributed by atoms with E-state index in [1.165, 1.54) is 7.05 Å². The van der Waals surface area contributed by atoms with Gasteiger partial charge in [0.1, 0.15) is 6.29 Å². The molecule has 1 aliphatic rings. The molecule has 134 valence electrons. The van der Waals surface area contributed by atoms with E-state index in [-0.39, 0.29) is 11.7 Å². The van der Waals surface area contributed by atoms with Gasteiger partial charge in [-0.2, -0.15) is 4.31 Å². The fourth-order valence-corrected chi connectivity index (χ4v) is 3.57. The van der Waals surface area contributed by atoms with Crippen LogP contribution < -0.4 is 11.5 Å². The maximum absolute atomic E-state index is 12.1. The van der Waals surface area contributed by atoms with Gasteiger partial charge in [-0.1, -0.05) is 42.0 Å². The Balaban J connectivity index is 2.88. The minimum atomic E-state index is -3.49. The molecule has 0 aromatic carbocycles. The summed E-state index contributed by atoms with van der Waals surface area (Å²) in [6, 6.07) is 0. The summed E-state index contributed by atoms with van der Waals surface area (Å²) in [5.74, 6) is 0.0295. The van der Waals surface area contributed by atoms with Gasteiger partial charge in [0.25, 0.3) is 0 Å². The predicted octanol–water partition coefficient (Wildman–Crippen LogP) is 1.72. The first-order valence-electron chi connectivity index (χ1n) is 7.49. The van der Waals surface area contributed by atoms with Crippen LogP contribution in [0.15, 0.2) is 52.1 Å². The van der Waals surface area contributed by atoms with Gasteiger partial charge in [0, 0.05) is 31.3 Å². The monoisotopic (exact) mass is 372 g/mol. The molecule has 0 aromatic heterocycles. The highest BCUT2D eigenvalue weighted by Crippen LogP contribution is 2.26. The van der Waals surface area contributed by atoms with E-state index in [0.717, 1.165) is 21.9 Å². The van der Waals surface area contributed by atoms with Gasteiger partial charge < -0.3 is 11.5 Å². The van der Waals surface area contributed by atoms with Gasteiger partial charge in [-0.3, -0.25) is 4.99 Å². The standard InChI is InChI=1S/C16H25ClN4O2S/c1-12(17)9-15(11-20-2)14-6-4-5-13(10-14)7-8-24(22,23)21(3)16(18)19/h4-5,9-11,14,16H,1,6-8,18-19H2,2-3H3/b15-9+,20-11?. The smallest absolute Gasteiger partial charge is 0.216 e. The van der Waals surface area contributed by atoms with Gasteiger partial charge in [-0.05, 0) is 24.5 Å². The van der Waals surface area contributed by atoms with Crippen molar-refractivity contribution in [2.45, 2.75) is 19.1 Å². The molecular formula is C16H25ClN4O2S. The van der Waals surface area contributed by atoms with Crippen LogP contribution in [0.4, 0.5) is 0 Å². The molecule has 0 amide bonds. The summed E-state index contributed by atoms with van der Waals surface area (Å²) in [7, 11) is -0.433. The molecule has 0 saturated carbocycles. The minimum absolute atomic E-state index is 0.0551. The molecule has 4 N–H and O–H groups in total. The van der Waals surface area contributed by atoms with E-state index in [1.807, 2.05) is 18.2 Å². The molecule has 1 aliphatic carbocycles. The van der Waals surface area contributed by atoms with Crippen LogP contribution >= 0.6 is 11.6 Å². The van der Waals surface area contributed by atoms with Crippen LogP contribution in [0.1, 0.15) is 12.8 Å². The molecule has 0 fully saturated rings. The van der Waals surface area contributed by atoms with Crippen LogP contribution in [0.3, 0.4) is 0 Å². The first-order chi connectivity index (χ1) is 11.2. The second-order valence-electron chi connectivity index (χ2n) is 5.54. The van der Waals surface area contributed by atoms with Crippen LogP contribution in [0.5, 0.6) is 0 Å². The Morgan fingerprint density at radius 1 is 1.58 bits per heavy atom. The van der Waals surface area contributed by atoms with Crippen LogP contribution in [0.2, 0.25) is 0 Å². The fraction of sp³-hybridized carbons (Fsp3) is 0.438. The largest absolute Gasteiger partial charge is 0.303 e. The number of hydrogen-bond donors (Lipinski definition) is 2. The summed E-state index contributed by atoms with van der Waals surface area (Å²) >= 11 is 5.87. The molecule has 0 aliphatic heterocycles. The highest BCUT2D eigenvalue weighted by molar-refractivity contribution is 7.89. The van der Waals surface area contributed by atoms with Gasteiger partial charge in [0.05, 0.1) is 5.75 Å². The zero-order valence-electron chi connectivity index (χ0n) is 14.0. The molecular weight excluding hydrogens is 348 g/mol. The molecule has 24 heavy (non-hydrogen) atoms. The Morgan fingerprint density at radius 3 is 2.79 bits per heavy atom. The van der Waals surface area contributed by atoms with Crippen molar-refractivity contribution >= 4 is 27.8 Å². The first-order valence-corrected chi connectivity index (χ1v) is 9.48. The van der Waals surface area contributed by atoms with Gasteiger partial charge in [0.15, 0.2) is 0 Å². The van der Waals surface area contributed by atoms with E-state index in [4.69, 9.17) is 23.1 Å². The lowest BCUT2D eigenvalue weighted by molar-refractivity contribution is 0.384. The molecule has 8 heteroatoms. The van der Waals surface area contributed by atoms with Crippen molar-refractivity contribution in [3.63, 3.8) is 0 Å². The molecule has 1 atom stereocenters. The molecule has 0 bridgehead atoms.